The molecule has 1 aromatic heterocycles. The Balaban J connectivity index is 1.56. The van der Waals surface area contributed by atoms with Crippen LogP contribution in [0, 0.1) is 10.1 Å². The van der Waals surface area contributed by atoms with Gasteiger partial charge in [0.2, 0.25) is 0 Å². The predicted octanol–water partition coefficient (Wildman–Crippen LogP) is 3.57. The maximum absolute atomic E-state index is 12.7. The summed E-state index contributed by atoms with van der Waals surface area (Å²) in [5.41, 5.74) is 2.12. The predicted molar refractivity (Wildman–Crippen MR) is 110 cm³/mol. The van der Waals surface area contributed by atoms with E-state index in [1.54, 1.807) is 36.4 Å². The number of anilines is 3. The van der Waals surface area contributed by atoms with Crippen molar-refractivity contribution in [2.75, 3.05) is 10.6 Å². The van der Waals surface area contributed by atoms with Crippen LogP contribution in [0.5, 0.6) is 0 Å². The molecule has 0 bridgehead atoms. The maximum atomic E-state index is 12.7. The third-order valence-corrected chi connectivity index (χ3v) is 4.23. The zero-order chi connectivity index (χ0) is 20.9. The van der Waals surface area contributed by atoms with Gasteiger partial charge in [0.25, 0.3) is 11.6 Å². The summed E-state index contributed by atoms with van der Waals surface area (Å²) in [6.07, 6.45) is 1.43. The Morgan fingerprint density at radius 1 is 0.967 bits per heavy atom. The number of nitrogens with zero attached hydrogens (tertiary/aromatic N) is 5. The number of aromatic nitrogens is 4. The summed E-state index contributed by atoms with van der Waals surface area (Å²) < 4.78 is 1.45. The molecule has 4 rings (SSSR count). The van der Waals surface area contributed by atoms with Gasteiger partial charge in [-0.25, -0.2) is 4.68 Å². The van der Waals surface area contributed by atoms with Crippen LogP contribution in [-0.4, -0.2) is 31.0 Å². The number of rotatable bonds is 6. The lowest BCUT2D eigenvalue weighted by molar-refractivity contribution is -0.383. The number of tetrazole rings is 1. The second-order valence-corrected chi connectivity index (χ2v) is 6.24. The van der Waals surface area contributed by atoms with E-state index in [0.717, 1.165) is 0 Å². The molecule has 1 amide bonds. The summed E-state index contributed by atoms with van der Waals surface area (Å²) in [6.45, 7) is 0. The average molecular weight is 401 g/mol. The van der Waals surface area contributed by atoms with Crippen LogP contribution in [0.25, 0.3) is 5.69 Å². The van der Waals surface area contributed by atoms with E-state index in [0.29, 0.717) is 22.7 Å². The Labute approximate surface area is 170 Å². The molecular formula is C20H15N7O3. The normalized spacial score (nSPS) is 10.4. The topological polar surface area (TPSA) is 128 Å². The van der Waals surface area contributed by atoms with Gasteiger partial charge in [-0.2, -0.15) is 0 Å². The van der Waals surface area contributed by atoms with Crippen molar-refractivity contribution < 1.29 is 9.72 Å². The standard InChI is InChI=1S/C20H15N7O3/c28-20(23-16-7-4-8-17(12-16)26-13-21-24-25-26)14-9-10-18(19(11-14)27(29)30)22-15-5-2-1-3-6-15/h1-13,22H,(H,23,28). The fourth-order valence-electron chi connectivity index (χ4n) is 2.82. The third kappa shape index (κ3) is 4.12. The first-order valence-electron chi connectivity index (χ1n) is 8.85. The highest BCUT2D eigenvalue weighted by molar-refractivity contribution is 6.05. The molecule has 2 N–H and O–H groups in total. The van der Waals surface area contributed by atoms with Crippen molar-refractivity contribution in [2.24, 2.45) is 0 Å². The van der Waals surface area contributed by atoms with Crippen molar-refractivity contribution in [1.29, 1.82) is 0 Å². The molecule has 0 radical (unpaired) electrons. The number of nitro benzene ring substituents is 1. The molecule has 3 aromatic carbocycles. The van der Waals surface area contributed by atoms with Crippen LogP contribution in [0.1, 0.15) is 10.4 Å². The van der Waals surface area contributed by atoms with Gasteiger partial charge >= 0.3 is 0 Å². The Bertz CT molecular complexity index is 1190. The van der Waals surface area contributed by atoms with Gasteiger partial charge in [0, 0.05) is 23.0 Å². The minimum atomic E-state index is -0.527. The minimum absolute atomic E-state index is 0.160. The molecule has 0 atom stereocenters. The first kappa shape index (κ1) is 18.7. The lowest BCUT2D eigenvalue weighted by Crippen LogP contribution is -2.13. The lowest BCUT2D eigenvalue weighted by atomic mass is 10.1. The van der Waals surface area contributed by atoms with Crippen LogP contribution in [0.4, 0.5) is 22.7 Å². The van der Waals surface area contributed by atoms with Crippen molar-refractivity contribution in [3.05, 3.63) is 94.8 Å². The van der Waals surface area contributed by atoms with Crippen molar-refractivity contribution in [3.8, 4) is 5.69 Å². The van der Waals surface area contributed by atoms with E-state index in [9.17, 15) is 14.9 Å². The highest BCUT2D eigenvalue weighted by atomic mass is 16.6. The molecule has 10 heteroatoms. The number of nitrogens with one attached hydrogen (secondary N) is 2. The lowest BCUT2D eigenvalue weighted by Gasteiger charge is -2.10. The van der Waals surface area contributed by atoms with Gasteiger partial charge in [-0.05, 0) is 52.9 Å². The number of carbonyl (C=O) groups excluding carboxylic acids is 1. The number of para-hydroxylation sites is 1. The molecule has 0 saturated heterocycles. The summed E-state index contributed by atoms with van der Waals surface area (Å²) in [6, 6.07) is 20.3. The zero-order valence-corrected chi connectivity index (χ0v) is 15.5. The molecule has 0 aliphatic carbocycles. The highest BCUT2D eigenvalue weighted by Gasteiger charge is 2.18. The Morgan fingerprint density at radius 2 is 1.77 bits per heavy atom. The molecule has 148 valence electrons. The van der Waals surface area contributed by atoms with Gasteiger partial charge in [-0.15, -0.1) is 5.10 Å². The molecule has 0 aliphatic rings. The van der Waals surface area contributed by atoms with Gasteiger partial charge in [0.15, 0.2) is 0 Å². The van der Waals surface area contributed by atoms with Crippen molar-refractivity contribution in [1.82, 2.24) is 20.2 Å². The number of hydrogen-bond acceptors (Lipinski definition) is 7. The molecule has 0 spiro atoms. The summed E-state index contributed by atoms with van der Waals surface area (Å²) >= 11 is 0. The van der Waals surface area contributed by atoms with Crippen LogP contribution in [0.3, 0.4) is 0 Å². The van der Waals surface area contributed by atoms with Crippen LogP contribution in [0.2, 0.25) is 0 Å². The maximum Gasteiger partial charge on any atom is 0.293 e. The minimum Gasteiger partial charge on any atom is -0.350 e. The van der Waals surface area contributed by atoms with Gasteiger partial charge in [0.05, 0.1) is 10.6 Å². The van der Waals surface area contributed by atoms with Crippen molar-refractivity contribution in [3.63, 3.8) is 0 Å². The van der Waals surface area contributed by atoms with E-state index in [1.165, 1.54) is 29.2 Å². The average Bonchev–Trinajstić information content (AvgIpc) is 3.30. The van der Waals surface area contributed by atoms with Gasteiger partial charge in [0.1, 0.15) is 12.0 Å². The first-order valence-corrected chi connectivity index (χ1v) is 8.85. The summed E-state index contributed by atoms with van der Waals surface area (Å²) in [4.78, 5) is 23.7. The summed E-state index contributed by atoms with van der Waals surface area (Å²) in [7, 11) is 0. The van der Waals surface area contributed by atoms with Crippen LogP contribution in [0.15, 0.2) is 79.1 Å². The fourth-order valence-corrected chi connectivity index (χ4v) is 2.82. The molecule has 30 heavy (non-hydrogen) atoms. The fraction of sp³-hybridized carbons (Fsp3) is 0. The van der Waals surface area contributed by atoms with E-state index < -0.39 is 10.8 Å². The Kier molecular flexibility index (Phi) is 5.12. The second kappa shape index (κ2) is 8.19. The van der Waals surface area contributed by atoms with E-state index >= 15 is 0 Å². The van der Waals surface area contributed by atoms with E-state index in [-0.39, 0.29) is 11.3 Å². The first-order chi connectivity index (χ1) is 14.6. The molecule has 0 aliphatic heterocycles. The zero-order valence-electron chi connectivity index (χ0n) is 15.5. The molecule has 1 heterocycles. The molecule has 0 fully saturated rings. The molecule has 0 saturated carbocycles. The van der Waals surface area contributed by atoms with Gasteiger partial charge in [-0.1, -0.05) is 24.3 Å². The van der Waals surface area contributed by atoms with E-state index in [1.807, 2.05) is 18.2 Å². The van der Waals surface area contributed by atoms with Crippen LogP contribution in [-0.2, 0) is 0 Å². The molecular weight excluding hydrogens is 386 g/mol. The SMILES string of the molecule is O=C(Nc1cccc(-n2cnnn2)c1)c1ccc(Nc2ccccc2)c([N+](=O)[O-])c1. The van der Waals surface area contributed by atoms with Crippen LogP contribution < -0.4 is 10.6 Å². The second-order valence-electron chi connectivity index (χ2n) is 6.24. The number of benzene rings is 3. The summed E-state index contributed by atoms with van der Waals surface area (Å²) in [5, 5.41) is 28.2. The smallest absolute Gasteiger partial charge is 0.293 e. The number of carbonyl (C=O) groups is 1. The quantitative estimate of drug-likeness (QED) is 0.373. The number of hydrogen-bond donors (Lipinski definition) is 2. The van der Waals surface area contributed by atoms with Gasteiger partial charge in [-0.3, -0.25) is 14.9 Å². The number of nitro groups is 1. The number of amides is 1. The van der Waals surface area contributed by atoms with Crippen molar-refractivity contribution in [2.45, 2.75) is 0 Å². The third-order valence-electron chi connectivity index (χ3n) is 4.23. The van der Waals surface area contributed by atoms with Crippen molar-refractivity contribution >= 4 is 28.7 Å². The highest BCUT2D eigenvalue weighted by Crippen LogP contribution is 2.29. The van der Waals surface area contributed by atoms with E-state index in [2.05, 4.69) is 26.2 Å². The summed E-state index contributed by atoms with van der Waals surface area (Å²) in [5.74, 6) is -0.474. The van der Waals surface area contributed by atoms with E-state index in [4.69, 9.17) is 0 Å². The van der Waals surface area contributed by atoms with Gasteiger partial charge < -0.3 is 10.6 Å². The monoisotopic (exact) mass is 401 g/mol. The Morgan fingerprint density at radius 3 is 2.50 bits per heavy atom. The molecule has 0 unspecified atom stereocenters. The van der Waals surface area contributed by atoms with Crippen LogP contribution >= 0.6 is 0 Å². The molecule has 4 aromatic rings. The largest absolute Gasteiger partial charge is 0.350 e. The molecule has 10 nitrogen and oxygen atoms in total. The Hall–Kier alpha value is -4.60.